The second-order valence-electron chi connectivity index (χ2n) is 6.67. The van der Waals surface area contributed by atoms with Gasteiger partial charge >= 0.3 is 5.97 Å². The van der Waals surface area contributed by atoms with Crippen molar-refractivity contribution in [2.45, 2.75) is 65.2 Å². The number of aliphatic carboxylic acids is 1. The number of unbranched alkanes of at least 4 members (excludes halogenated alkanes) is 1. The van der Waals surface area contributed by atoms with Gasteiger partial charge in [0.25, 0.3) is 0 Å². The Kier molecular flexibility index (Phi) is 6.83. The van der Waals surface area contributed by atoms with Crippen molar-refractivity contribution in [3.05, 3.63) is 29.3 Å². The Balaban J connectivity index is 2.06. The Morgan fingerprint density at radius 3 is 2.62 bits per heavy atom. The smallest absolute Gasteiger partial charge is 0.303 e. The molecule has 0 radical (unpaired) electrons. The fraction of sp³-hybridized carbons (Fsp3) is 0.600. The third kappa shape index (κ3) is 4.59. The average molecular weight is 331 g/mol. The summed E-state index contributed by atoms with van der Waals surface area (Å²) in [5, 5.41) is 8.70. The van der Waals surface area contributed by atoms with Crippen LogP contribution in [0.3, 0.4) is 0 Å². The maximum Gasteiger partial charge on any atom is 0.303 e. The largest absolute Gasteiger partial charge is 0.481 e. The molecule has 0 fully saturated rings. The number of hydrogen-bond acceptors (Lipinski definition) is 2. The first-order valence-corrected chi connectivity index (χ1v) is 9.21. The second kappa shape index (κ2) is 8.86. The van der Waals surface area contributed by atoms with Crippen LogP contribution in [0.4, 0.5) is 5.69 Å². The zero-order valence-electron chi connectivity index (χ0n) is 14.9. The molecule has 1 aromatic carbocycles. The van der Waals surface area contributed by atoms with E-state index >= 15 is 0 Å². The number of aryl methyl sites for hydroxylation is 2. The maximum absolute atomic E-state index is 12.8. The molecule has 0 bridgehead atoms. The summed E-state index contributed by atoms with van der Waals surface area (Å²) in [6.07, 6.45) is 6.56. The fourth-order valence-corrected chi connectivity index (χ4v) is 3.50. The minimum Gasteiger partial charge on any atom is -0.481 e. The van der Waals surface area contributed by atoms with Crippen molar-refractivity contribution in [1.82, 2.24) is 0 Å². The highest BCUT2D eigenvalue weighted by molar-refractivity contribution is 5.96. The Hall–Kier alpha value is -1.84. The molecule has 24 heavy (non-hydrogen) atoms. The summed E-state index contributed by atoms with van der Waals surface area (Å²) in [7, 11) is 0. The summed E-state index contributed by atoms with van der Waals surface area (Å²) >= 11 is 0. The number of fused-ring (bicyclic) bond motifs is 1. The number of carboxylic acids is 1. The van der Waals surface area contributed by atoms with Gasteiger partial charge in [0.1, 0.15) is 0 Å². The molecule has 2 rings (SSSR count). The topological polar surface area (TPSA) is 57.6 Å². The van der Waals surface area contributed by atoms with Crippen molar-refractivity contribution in [3.63, 3.8) is 0 Å². The molecule has 4 heteroatoms. The van der Waals surface area contributed by atoms with E-state index in [1.54, 1.807) is 0 Å². The van der Waals surface area contributed by atoms with Gasteiger partial charge in [-0.25, -0.2) is 0 Å². The highest BCUT2D eigenvalue weighted by atomic mass is 16.4. The number of amides is 1. The van der Waals surface area contributed by atoms with Crippen molar-refractivity contribution >= 4 is 17.6 Å². The van der Waals surface area contributed by atoms with E-state index in [2.05, 4.69) is 32.0 Å². The van der Waals surface area contributed by atoms with E-state index in [1.165, 1.54) is 11.1 Å². The Bertz CT molecular complexity index is 578. The molecule has 0 saturated heterocycles. The zero-order chi connectivity index (χ0) is 17.5. The van der Waals surface area contributed by atoms with Crippen LogP contribution < -0.4 is 4.90 Å². The highest BCUT2D eigenvalue weighted by Crippen LogP contribution is 2.30. The van der Waals surface area contributed by atoms with Gasteiger partial charge in [0.05, 0.1) is 0 Å². The highest BCUT2D eigenvalue weighted by Gasteiger charge is 2.26. The van der Waals surface area contributed by atoms with Crippen LogP contribution >= 0.6 is 0 Å². The monoisotopic (exact) mass is 331 g/mol. The van der Waals surface area contributed by atoms with E-state index in [0.29, 0.717) is 6.42 Å². The molecule has 4 nitrogen and oxygen atoms in total. The van der Waals surface area contributed by atoms with Crippen LogP contribution in [0.1, 0.15) is 63.5 Å². The SMILES string of the molecule is CCC(CC)C(=O)N1CCCc2cc(CCCCC(=O)O)ccc21. The van der Waals surface area contributed by atoms with E-state index in [0.717, 1.165) is 50.8 Å². The van der Waals surface area contributed by atoms with Crippen LogP contribution in [0.15, 0.2) is 18.2 Å². The van der Waals surface area contributed by atoms with E-state index < -0.39 is 5.97 Å². The second-order valence-corrected chi connectivity index (χ2v) is 6.67. The van der Waals surface area contributed by atoms with E-state index in [9.17, 15) is 9.59 Å². The molecule has 1 aliphatic heterocycles. The van der Waals surface area contributed by atoms with Gasteiger partial charge in [-0.2, -0.15) is 0 Å². The van der Waals surface area contributed by atoms with Crippen LogP contribution in [0.5, 0.6) is 0 Å². The lowest BCUT2D eigenvalue weighted by molar-refractivity contribution is -0.137. The van der Waals surface area contributed by atoms with Crippen molar-refractivity contribution in [2.75, 3.05) is 11.4 Å². The van der Waals surface area contributed by atoms with Crippen molar-refractivity contribution in [1.29, 1.82) is 0 Å². The molecule has 132 valence electrons. The van der Waals surface area contributed by atoms with Gasteiger partial charge in [0, 0.05) is 24.6 Å². The number of carbonyl (C=O) groups is 2. The molecule has 1 N–H and O–H groups in total. The molecule has 0 unspecified atom stereocenters. The first-order valence-electron chi connectivity index (χ1n) is 9.21. The standard InChI is InChI=1S/C20H29NO3/c1-3-16(4-2)20(24)21-13-7-9-17-14-15(11-12-18(17)21)8-5-6-10-19(22)23/h11-12,14,16H,3-10,13H2,1-2H3,(H,22,23). The summed E-state index contributed by atoms with van der Waals surface area (Å²) in [4.78, 5) is 25.3. The van der Waals surface area contributed by atoms with Crippen LogP contribution in [0, 0.1) is 5.92 Å². The summed E-state index contributed by atoms with van der Waals surface area (Å²) in [5.74, 6) is -0.349. The maximum atomic E-state index is 12.8. The van der Waals surface area contributed by atoms with Crippen molar-refractivity contribution < 1.29 is 14.7 Å². The van der Waals surface area contributed by atoms with Gasteiger partial charge in [-0.1, -0.05) is 26.0 Å². The van der Waals surface area contributed by atoms with Gasteiger partial charge in [0.2, 0.25) is 5.91 Å². The average Bonchev–Trinajstić information content (AvgIpc) is 2.58. The summed E-state index contributed by atoms with van der Waals surface area (Å²) in [6, 6.07) is 6.39. The van der Waals surface area contributed by atoms with Gasteiger partial charge in [-0.15, -0.1) is 0 Å². The third-order valence-electron chi connectivity index (χ3n) is 4.97. The van der Waals surface area contributed by atoms with Crippen molar-refractivity contribution in [3.8, 4) is 0 Å². The molecule has 0 aliphatic carbocycles. The Morgan fingerprint density at radius 2 is 1.96 bits per heavy atom. The number of benzene rings is 1. The molecule has 1 aliphatic rings. The molecular weight excluding hydrogens is 302 g/mol. The van der Waals surface area contributed by atoms with Crippen LogP contribution in [-0.4, -0.2) is 23.5 Å². The van der Waals surface area contributed by atoms with Crippen LogP contribution in [0.25, 0.3) is 0 Å². The normalized spacial score (nSPS) is 13.9. The lowest BCUT2D eigenvalue weighted by Gasteiger charge is -2.32. The van der Waals surface area contributed by atoms with E-state index in [-0.39, 0.29) is 18.2 Å². The molecule has 0 atom stereocenters. The zero-order valence-corrected chi connectivity index (χ0v) is 14.9. The Labute approximate surface area is 144 Å². The number of carbonyl (C=O) groups excluding carboxylic acids is 1. The summed E-state index contributed by atoms with van der Waals surface area (Å²) in [5.41, 5.74) is 3.58. The molecule has 1 aromatic rings. The molecule has 1 heterocycles. The number of hydrogen-bond donors (Lipinski definition) is 1. The summed E-state index contributed by atoms with van der Waals surface area (Å²) < 4.78 is 0. The van der Waals surface area contributed by atoms with Crippen molar-refractivity contribution in [2.24, 2.45) is 5.92 Å². The molecule has 0 saturated carbocycles. The van der Waals surface area contributed by atoms with Crippen LogP contribution in [-0.2, 0) is 22.4 Å². The lowest BCUT2D eigenvalue weighted by Crippen LogP contribution is -2.39. The summed E-state index contributed by atoms with van der Waals surface area (Å²) in [6.45, 7) is 4.98. The predicted octanol–water partition coefficient (Wildman–Crippen LogP) is 4.20. The minimum atomic E-state index is -0.726. The van der Waals surface area contributed by atoms with Gasteiger partial charge < -0.3 is 10.0 Å². The van der Waals surface area contributed by atoms with Gasteiger partial charge in [0.15, 0.2) is 0 Å². The number of rotatable bonds is 8. The number of carboxylic acid groups (broad SMARTS) is 1. The van der Waals surface area contributed by atoms with Gasteiger partial charge in [-0.3, -0.25) is 9.59 Å². The quantitative estimate of drug-likeness (QED) is 0.726. The van der Waals surface area contributed by atoms with Gasteiger partial charge in [-0.05, 0) is 62.1 Å². The van der Waals surface area contributed by atoms with Crippen LogP contribution in [0.2, 0.25) is 0 Å². The van der Waals surface area contributed by atoms with E-state index in [4.69, 9.17) is 5.11 Å². The van der Waals surface area contributed by atoms with E-state index in [1.807, 2.05) is 4.90 Å². The fourth-order valence-electron chi connectivity index (χ4n) is 3.50. The number of nitrogens with zero attached hydrogens (tertiary/aromatic N) is 1. The minimum absolute atomic E-state index is 0.117. The first-order chi connectivity index (χ1) is 11.6. The first kappa shape index (κ1) is 18.5. The number of anilines is 1. The third-order valence-corrected chi connectivity index (χ3v) is 4.97. The molecule has 0 aromatic heterocycles. The molecule has 0 spiro atoms. The predicted molar refractivity (Wildman–Crippen MR) is 96.4 cm³/mol. The Morgan fingerprint density at radius 1 is 1.21 bits per heavy atom. The lowest BCUT2D eigenvalue weighted by atomic mass is 9.94. The molecular formula is C20H29NO3. The molecule has 1 amide bonds.